The van der Waals surface area contributed by atoms with Gasteiger partial charge in [-0.05, 0) is 37.9 Å². The van der Waals surface area contributed by atoms with Gasteiger partial charge in [-0.1, -0.05) is 12.1 Å². The van der Waals surface area contributed by atoms with Crippen molar-refractivity contribution < 1.29 is 13.6 Å². The summed E-state index contributed by atoms with van der Waals surface area (Å²) in [6, 6.07) is 8.28. The molecule has 0 atom stereocenters. The molecule has 1 aromatic heterocycles. The topological polar surface area (TPSA) is 45.2 Å². The van der Waals surface area contributed by atoms with Crippen LogP contribution < -0.4 is 5.32 Å². The third kappa shape index (κ3) is 3.82. The van der Waals surface area contributed by atoms with Gasteiger partial charge in [0, 0.05) is 18.4 Å². The van der Waals surface area contributed by atoms with E-state index in [1.807, 2.05) is 31.1 Å². The highest BCUT2D eigenvalue weighted by Crippen LogP contribution is 2.14. The Morgan fingerprint density at radius 3 is 2.48 bits per heavy atom. The molecule has 0 aliphatic carbocycles. The summed E-state index contributed by atoms with van der Waals surface area (Å²) in [5.74, 6) is -3.25. The summed E-state index contributed by atoms with van der Waals surface area (Å²) in [7, 11) is 3.91. The van der Waals surface area contributed by atoms with E-state index in [0.717, 1.165) is 24.4 Å². The number of hydrogen-bond donors (Lipinski definition) is 1. The van der Waals surface area contributed by atoms with E-state index in [-0.39, 0.29) is 5.56 Å². The van der Waals surface area contributed by atoms with Gasteiger partial charge in [0.25, 0.3) is 5.91 Å². The van der Waals surface area contributed by atoms with Crippen LogP contribution in [0.5, 0.6) is 0 Å². The average molecular weight is 291 g/mol. The molecular weight excluding hydrogens is 276 g/mol. The largest absolute Gasteiger partial charge is 0.322 e. The highest BCUT2D eigenvalue weighted by molar-refractivity contribution is 6.04. The number of halogens is 2. The number of benzene rings is 1. The average Bonchev–Trinajstić information content (AvgIpc) is 2.43. The first-order valence-corrected chi connectivity index (χ1v) is 6.32. The molecule has 1 heterocycles. The molecule has 0 unspecified atom stereocenters. The van der Waals surface area contributed by atoms with E-state index in [2.05, 4.69) is 10.3 Å². The number of pyridine rings is 1. The number of amides is 1. The first-order chi connectivity index (χ1) is 9.97. The molecule has 2 aromatic rings. The minimum Gasteiger partial charge on any atom is -0.322 e. The van der Waals surface area contributed by atoms with Gasteiger partial charge in [-0.15, -0.1) is 0 Å². The summed E-state index contributed by atoms with van der Waals surface area (Å²) in [5.41, 5.74) is 1.22. The first kappa shape index (κ1) is 15.1. The van der Waals surface area contributed by atoms with Crippen LogP contribution in [0.4, 0.5) is 14.5 Å². The maximum atomic E-state index is 13.5. The number of aromatic nitrogens is 1. The van der Waals surface area contributed by atoms with Crippen LogP contribution in [-0.2, 0) is 6.54 Å². The maximum absolute atomic E-state index is 13.5. The summed E-state index contributed by atoms with van der Waals surface area (Å²) in [4.78, 5) is 17.1. The van der Waals surface area contributed by atoms with E-state index in [4.69, 9.17) is 0 Å². The fourth-order valence-corrected chi connectivity index (χ4v) is 1.85. The summed E-state index contributed by atoms with van der Waals surface area (Å²) in [6.45, 7) is 0.776. The Kier molecular flexibility index (Phi) is 4.59. The molecule has 0 bridgehead atoms. The zero-order valence-corrected chi connectivity index (χ0v) is 11.7. The van der Waals surface area contributed by atoms with E-state index in [9.17, 15) is 13.6 Å². The maximum Gasteiger partial charge on any atom is 0.258 e. The lowest BCUT2D eigenvalue weighted by Crippen LogP contribution is -2.15. The summed E-state index contributed by atoms with van der Waals surface area (Å²) >= 11 is 0. The number of anilines is 1. The Balaban J connectivity index is 2.11. The third-order valence-electron chi connectivity index (χ3n) is 2.80. The minimum atomic E-state index is -1.29. The number of carbonyl (C=O) groups is 1. The second-order valence-corrected chi connectivity index (χ2v) is 4.85. The van der Waals surface area contributed by atoms with Crippen molar-refractivity contribution in [3.63, 3.8) is 0 Å². The monoisotopic (exact) mass is 291 g/mol. The lowest BCUT2D eigenvalue weighted by Gasteiger charge is -2.11. The molecule has 2 rings (SSSR count). The Morgan fingerprint density at radius 2 is 1.86 bits per heavy atom. The van der Waals surface area contributed by atoms with Crippen LogP contribution in [-0.4, -0.2) is 29.9 Å². The molecule has 0 aliphatic heterocycles. The van der Waals surface area contributed by atoms with Crippen molar-refractivity contribution in [2.45, 2.75) is 6.54 Å². The molecule has 0 radical (unpaired) electrons. The number of nitrogens with one attached hydrogen (secondary N) is 1. The Labute approximate surface area is 121 Å². The predicted molar refractivity (Wildman–Crippen MR) is 75.9 cm³/mol. The van der Waals surface area contributed by atoms with E-state index in [0.29, 0.717) is 5.69 Å². The molecule has 6 heteroatoms. The van der Waals surface area contributed by atoms with Crippen LogP contribution in [0.15, 0.2) is 36.5 Å². The second-order valence-electron chi connectivity index (χ2n) is 4.85. The van der Waals surface area contributed by atoms with Crippen molar-refractivity contribution in [3.05, 3.63) is 59.4 Å². The van der Waals surface area contributed by atoms with Crippen LogP contribution in [0.3, 0.4) is 0 Å². The van der Waals surface area contributed by atoms with Crippen molar-refractivity contribution in [3.8, 4) is 0 Å². The molecule has 0 saturated carbocycles. The Morgan fingerprint density at radius 1 is 1.19 bits per heavy atom. The van der Waals surface area contributed by atoms with E-state index in [1.165, 1.54) is 0 Å². The lowest BCUT2D eigenvalue weighted by molar-refractivity contribution is 0.102. The smallest absolute Gasteiger partial charge is 0.258 e. The van der Waals surface area contributed by atoms with Gasteiger partial charge in [-0.2, -0.15) is 4.39 Å². The van der Waals surface area contributed by atoms with Crippen LogP contribution in [0.1, 0.15) is 15.9 Å². The zero-order valence-electron chi connectivity index (χ0n) is 11.7. The highest BCUT2D eigenvalue weighted by Gasteiger charge is 2.16. The molecule has 21 heavy (non-hydrogen) atoms. The van der Waals surface area contributed by atoms with Gasteiger partial charge in [0.1, 0.15) is 0 Å². The lowest BCUT2D eigenvalue weighted by atomic mass is 10.2. The quantitative estimate of drug-likeness (QED) is 0.881. The highest BCUT2D eigenvalue weighted by atomic mass is 19.2. The molecule has 1 N–H and O–H groups in total. The summed E-state index contributed by atoms with van der Waals surface area (Å²) < 4.78 is 26.4. The Bertz CT molecular complexity index is 642. The van der Waals surface area contributed by atoms with E-state index in [1.54, 1.807) is 12.1 Å². The van der Waals surface area contributed by atoms with E-state index < -0.39 is 17.7 Å². The van der Waals surface area contributed by atoms with Crippen molar-refractivity contribution in [2.75, 3.05) is 19.4 Å². The summed E-state index contributed by atoms with van der Waals surface area (Å²) in [6.07, 6.45) is 1.05. The van der Waals surface area contributed by atoms with Gasteiger partial charge in [0.05, 0.1) is 5.56 Å². The van der Waals surface area contributed by atoms with Crippen molar-refractivity contribution >= 4 is 11.6 Å². The normalized spacial score (nSPS) is 10.7. The minimum absolute atomic E-state index is 0.375. The molecule has 1 amide bonds. The third-order valence-corrected chi connectivity index (χ3v) is 2.80. The zero-order chi connectivity index (χ0) is 15.4. The van der Waals surface area contributed by atoms with Gasteiger partial charge in [-0.3, -0.25) is 4.79 Å². The fraction of sp³-hybridized carbons (Fsp3) is 0.200. The summed E-state index contributed by atoms with van der Waals surface area (Å²) in [5, 5.41) is 2.52. The number of hydrogen-bond acceptors (Lipinski definition) is 3. The molecule has 4 nitrogen and oxygen atoms in total. The van der Waals surface area contributed by atoms with Crippen molar-refractivity contribution in [1.29, 1.82) is 0 Å². The fourth-order valence-electron chi connectivity index (χ4n) is 1.85. The predicted octanol–water partition coefficient (Wildman–Crippen LogP) is 2.67. The van der Waals surface area contributed by atoms with Crippen LogP contribution in [0.2, 0.25) is 0 Å². The Hall–Kier alpha value is -2.34. The van der Waals surface area contributed by atoms with E-state index >= 15 is 0 Å². The van der Waals surface area contributed by atoms with Gasteiger partial charge < -0.3 is 10.2 Å². The molecule has 110 valence electrons. The number of nitrogens with zero attached hydrogens (tertiary/aromatic N) is 2. The molecule has 0 saturated heterocycles. The second kappa shape index (κ2) is 6.41. The van der Waals surface area contributed by atoms with Crippen LogP contribution in [0, 0.1) is 11.8 Å². The van der Waals surface area contributed by atoms with Gasteiger partial charge in [-0.25, -0.2) is 9.37 Å². The van der Waals surface area contributed by atoms with Crippen LogP contribution in [0.25, 0.3) is 0 Å². The van der Waals surface area contributed by atoms with Crippen molar-refractivity contribution in [1.82, 2.24) is 9.88 Å². The number of rotatable bonds is 4. The van der Waals surface area contributed by atoms with Gasteiger partial charge in [0.2, 0.25) is 5.95 Å². The van der Waals surface area contributed by atoms with Crippen LogP contribution >= 0.6 is 0 Å². The van der Waals surface area contributed by atoms with Gasteiger partial charge >= 0.3 is 0 Å². The first-order valence-electron chi connectivity index (χ1n) is 6.32. The standard InChI is InChI=1S/C15H15F2N3O/c1-20(2)9-10-3-5-11(6-4-10)19-15(21)12-7-8-18-14(17)13(12)16/h3-8H,9H2,1-2H3,(H,19,21). The number of carbonyl (C=O) groups excluding carboxylic acids is 1. The SMILES string of the molecule is CN(C)Cc1ccc(NC(=O)c2ccnc(F)c2F)cc1. The molecule has 0 spiro atoms. The molecular formula is C15H15F2N3O. The molecule has 0 aliphatic rings. The molecule has 1 aromatic carbocycles. The van der Waals surface area contributed by atoms with Gasteiger partial charge in [0.15, 0.2) is 5.82 Å². The molecule has 0 fully saturated rings. The van der Waals surface area contributed by atoms with Crippen molar-refractivity contribution in [2.24, 2.45) is 0 Å².